The van der Waals surface area contributed by atoms with Crippen molar-refractivity contribution in [2.24, 2.45) is 0 Å². The van der Waals surface area contributed by atoms with E-state index < -0.39 is 0 Å². The lowest BCUT2D eigenvalue weighted by Gasteiger charge is -2.25. The van der Waals surface area contributed by atoms with Crippen molar-refractivity contribution < 1.29 is 9.52 Å². The van der Waals surface area contributed by atoms with Gasteiger partial charge < -0.3 is 14.8 Å². The summed E-state index contributed by atoms with van der Waals surface area (Å²) in [6, 6.07) is 4.01. The molecule has 2 rings (SSSR count). The van der Waals surface area contributed by atoms with Crippen molar-refractivity contribution in [3.05, 3.63) is 24.2 Å². The van der Waals surface area contributed by atoms with E-state index in [9.17, 15) is 5.11 Å². The van der Waals surface area contributed by atoms with E-state index in [-0.39, 0.29) is 12.1 Å². The molecule has 1 aliphatic heterocycles. The van der Waals surface area contributed by atoms with Gasteiger partial charge in [-0.3, -0.25) is 0 Å². The average Bonchev–Trinajstić information content (AvgIpc) is 2.56. The molecule has 1 aromatic rings. The third-order valence-corrected chi connectivity index (χ3v) is 2.26. The minimum Gasteiger partial charge on any atom is -0.468 e. The second-order valence-corrected chi connectivity index (χ2v) is 3.20. The molecule has 66 valence electrons. The summed E-state index contributed by atoms with van der Waals surface area (Å²) in [5, 5.41) is 12.7. The minimum atomic E-state index is -0.179. The number of hydrogen-bond donors (Lipinski definition) is 2. The molecule has 0 radical (unpaired) electrons. The molecule has 0 aromatic carbocycles. The summed E-state index contributed by atoms with van der Waals surface area (Å²) in [6.07, 6.45) is 3.09. The summed E-state index contributed by atoms with van der Waals surface area (Å²) in [5.41, 5.74) is 0. The first-order chi connectivity index (χ1) is 5.86. The van der Waals surface area contributed by atoms with E-state index in [0.29, 0.717) is 0 Å². The van der Waals surface area contributed by atoms with Crippen molar-refractivity contribution in [1.82, 2.24) is 5.32 Å². The molecule has 1 saturated heterocycles. The molecule has 12 heavy (non-hydrogen) atoms. The SMILES string of the molecule is OC1CCNC(c2ccco2)C1. The van der Waals surface area contributed by atoms with Crippen LogP contribution in [0.25, 0.3) is 0 Å². The topological polar surface area (TPSA) is 45.4 Å². The van der Waals surface area contributed by atoms with Gasteiger partial charge >= 0.3 is 0 Å². The number of hydrogen-bond acceptors (Lipinski definition) is 3. The van der Waals surface area contributed by atoms with Crippen molar-refractivity contribution in [1.29, 1.82) is 0 Å². The van der Waals surface area contributed by atoms with E-state index in [1.165, 1.54) is 0 Å². The highest BCUT2D eigenvalue weighted by atomic mass is 16.3. The molecule has 1 aromatic heterocycles. The lowest BCUT2D eigenvalue weighted by Crippen LogP contribution is -2.33. The van der Waals surface area contributed by atoms with Crippen LogP contribution < -0.4 is 5.32 Å². The van der Waals surface area contributed by atoms with Crippen molar-refractivity contribution in [2.45, 2.75) is 25.0 Å². The molecule has 2 atom stereocenters. The lowest BCUT2D eigenvalue weighted by molar-refractivity contribution is 0.111. The Balaban J connectivity index is 2.04. The van der Waals surface area contributed by atoms with E-state index in [4.69, 9.17) is 4.42 Å². The zero-order valence-electron chi connectivity index (χ0n) is 6.86. The fraction of sp³-hybridized carbons (Fsp3) is 0.556. The van der Waals surface area contributed by atoms with Crippen LogP contribution in [0.15, 0.2) is 22.8 Å². The van der Waals surface area contributed by atoms with Gasteiger partial charge in [0.15, 0.2) is 0 Å². The Morgan fingerprint density at radius 2 is 2.50 bits per heavy atom. The zero-order valence-corrected chi connectivity index (χ0v) is 6.86. The Kier molecular flexibility index (Phi) is 2.15. The highest BCUT2D eigenvalue weighted by Gasteiger charge is 2.22. The molecular weight excluding hydrogens is 154 g/mol. The Morgan fingerprint density at radius 1 is 1.58 bits per heavy atom. The molecule has 3 heteroatoms. The largest absolute Gasteiger partial charge is 0.468 e. The first-order valence-corrected chi connectivity index (χ1v) is 4.31. The maximum absolute atomic E-state index is 9.40. The maximum Gasteiger partial charge on any atom is 0.120 e. The standard InChI is InChI=1S/C9H13NO2/c11-7-3-4-10-8(6-7)9-2-1-5-12-9/h1-2,5,7-8,10-11H,3-4,6H2. The van der Waals surface area contributed by atoms with Crippen LogP contribution in [0.4, 0.5) is 0 Å². The normalized spacial score (nSPS) is 30.4. The number of piperidine rings is 1. The van der Waals surface area contributed by atoms with E-state index in [1.54, 1.807) is 6.26 Å². The Hall–Kier alpha value is -0.800. The van der Waals surface area contributed by atoms with Gasteiger partial charge in [-0.15, -0.1) is 0 Å². The molecule has 2 N–H and O–H groups in total. The number of furan rings is 1. The summed E-state index contributed by atoms with van der Waals surface area (Å²) in [4.78, 5) is 0. The molecule has 1 aliphatic rings. The maximum atomic E-state index is 9.40. The molecule has 1 fully saturated rings. The zero-order chi connectivity index (χ0) is 8.39. The summed E-state index contributed by atoms with van der Waals surface area (Å²) >= 11 is 0. The van der Waals surface area contributed by atoms with Gasteiger partial charge in [0.1, 0.15) is 5.76 Å². The van der Waals surface area contributed by atoms with Gasteiger partial charge in [-0.2, -0.15) is 0 Å². The lowest BCUT2D eigenvalue weighted by atomic mass is 10.0. The van der Waals surface area contributed by atoms with Gasteiger partial charge in [0.05, 0.1) is 18.4 Å². The first kappa shape index (κ1) is 7.83. The number of nitrogens with one attached hydrogen (secondary N) is 1. The van der Waals surface area contributed by atoms with Crippen LogP contribution in [0.2, 0.25) is 0 Å². The van der Waals surface area contributed by atoms with Crippen LogP contribution in [-0.4, -0.2) is 17.8 Å². The number of aliphatic hydroxyl groups excluding tert-OH is 1. The highest BCUT2D eigenvalue weighted by molar-refractivity contribution is 5.05. The molecule has 0 saturated carbocycles. The molecule has 0 amide bonds. The predicted molar refractivity (Wildman–Crippen MR) is 44.7 cm³/mol. The predicted octanol–water partition coefficient (Wildman–Crippen LogP) is 1.07. The number of aliphatic hydroxyl groups is 1. The van der Waals surface area contributed by atoms with Gasteiger partial charge in [-0.05, 0) is 31.5 Å². The summed E-state index contributed by atoms with van der Waals surface area (Å²) in [7, 11) is 0. The minimum absolute atomic E-state index is 0.179. The molecule has 2 unspecified atom stereocenters. The van der Waals surface area contributed by atoms with E-state index in [0.717, 1.165) is 25.1 Å². The fourth-order valence-corrected chi connectivity index (χ4v) is 1.60. The van der Waals surface area contributed by atoms with Gasteiger partial charge in [-0.25, -0.2) is 0 Å². The van der Waals surface area contributed by atoms with E-state index in [1.807, 2.05) is 12.1 Å². The van der Waals surface area contributed by atoms with Crippen LogP contribution in [0, 0.1) is 0 Å². The molecular formula is C9H13NO2. The van der Waals surface area contributed by atoms with Gasteiger partial charge in [0.2, 0.25) is 0 Å². The molecule has 2 heterocycles. The molecule has 0 bridgehead atoms. The average molecular weight is 167 g/mol. The summed E-state index contributed by atoms with van der Waals surface area (Å²) in [5.74, 6) is 0.925. The van der Waals surface area contributed by atoms with Crippen molar-refractivity contribution >= 4 is 0 Å². The van der Waals surface area contributed by atoms with Crippen molar-refractivity contribution in [2.75, 3.05) is 6.54 Å². The second-order valence-electron chi connectivity index (χ2n) is 3.20. The quantitative estimate of drug-likeness (QED) is 0.657. The van der Waals surface area contributed by atoms with Crippen molar-refractivity contribution in [3.8, 4) is 0 Å². The third-order valence-electron chi connectivity index (χ3n) is 2.26. The summed E-state index contributed by atoms with van der Waals surface area (Å²) < 4.78 is 5.25. The van der Waals surface area contributed by atoms with E-state index >= 15 is 0 Å². The number of rotatable bonds is 1. The third kappa shape index (κ3) is 1.52. The van der Waals surface area contributed by atoms with Gasteiger partial charge in [0, 0.05) is 0 Å². The van der Waals surface area contributed by atoms with Crippen molar-refractivity contribution in [3.63, 3.8) is 0 Å². The molecule has 0 spiro atoms. The Bertz CT molecular complexity index is 233. The Morgan fingerprint density at radius 3 is 3.17 bits per heavy atom. The smallest absolute Gasteiger partial charge is 0.120 e. The molecule has 3 nitrogen and oxygen atoms in total. The first-order valence-electron chi connectivity index (χ1n) is 4.31. The van der Waals surface area contributed by atoms with Crippen LogP contribution in [0.1, 0.15) is 24.6 Å². The van der Waals surface area contributed by atoms with Crippen LogP contribution in [0.3, 0.4) is 0 Å². The van der Waals surface area contributed by atoms with Gasteiger partial charge in [0.25, 0.3) is 0 Å². The van der Waals surface area contributed by atoms with Crippen LogP contribution in [0.5, 0.6) is 0 Å². The van der Waals surface area contributed by atoms with Crippen LogP contribution in [-0.2, 0) is 0 Å². The summed E-state index contributed by atoms with van der Waals surface area (Å²) in [6.45, 7) is 0.868. The van der Waals surface area contributed by atoms with Crippen LogP contribution >= 0.6 is 0 Å². The monoisotopic (exact) mass is 167 g/mol. The Labute approximate surface area is 71.4 Å². The van der Waals surface area contributed by atoms with Gasteiger partial charge in [-0.1, -0.05) is 0 Å². The second kappa shape index (κ2) is 3.29. The highest BCUT2D eigenvalue weighted by Crippen LogP contribution is 2.23. The molecule has 0 aliphatic carbocycles. The fourth-order valence-electron chi connectivity index (χ4n) is 1.60. The van der Waals surface area contributed by atoms with E-state index in [2.05, 4.69) is 5.32 Å².